The van der Waals surface area contributed by atoms with Crippen molar-refractivity contribution < 1.29 is 9.53 Å². The molecule has 0 aromatic heterocycles. The van der Waals surface area contributed by atoms with Gasteiger partial charge in [-0.05, 0) is 25.5 Å². The highest BCUT2D eigenvalue weighted by Crippen LogP contribution is 2.35. The summed E-state index contributed by atoms with van der Waals surface area (Å²) in [6, 6.07) is 5.60. The zero-order valence-corrected chi connectivity index (χ0v) is 8.83. The predicted molar refractivity (Wildman–Crippen MR) is 57.8 cm³/mol. The maximum atomic E-state index is 11.2. The minimum atomic E-state index is -0.501. The first-order valence-electron chi connectivity index (χ1n) is 4.83. The lowest BCUT2D eigenvalue weighted by molar-refractivity contribution is -0.118. The minimum absolute atomic E-state index is 0.0709. The summed E-state index contributed by atoms with van der Waals surface area (Å²) in [6.07, 6.45) is 0. The van der Waals surface area contributed by atoms with Crippen LogP contribution in [0.5, 0.6) is 5.75 Å². The molecule has 0 unspecified atom stereocenters. The second-order valence-electron chi connectivity index (χ2n) is 4.24. The van der Waals surface area contributed by atoms with Gasteiger partial charge in [0.25, 0.3) is 5.91 Å². The largest absolute Gasteiger partial charge is 0.482 e. The number of hydrogen-bond acceptors (Lipinski definition) is 3. The minimum Gasteiger partial charge on any atom is -0.482 e. The molecular weight excluding hydrogens is 192 g/mol. The Morgan fingerprint density at radius 1 is 1.47 bits per heavy atom. The van der Waals surface area contributed by atoms with Gasteiger partial charge < -0.3 is 15.8 Å². The van der Waals surface area contributed by atoms with Crippen LogP contribution in [-0.4, -0.2) is 12.5 Å². The van der Waals surface area contributed by atoms with Gasteiger partial charge in [-0.3, -0.25) is 4.79 Å². The van der Waals surface area contributed by atoms with Crippen LogP contribution < -0.4 is 15.8 Å². The van der Waals surface area contributed by atoms with Crippen LogP contribution in [0.3, 0.4) is 0 Å². The number of nitrogens with one attached hydrogen (secondary N) is 1. The highest BCUT2D eigenvalue weighted by molar-refractivity contribution is 5.96. The molecule has 0 aliphatic carbocycles. The summed E-state index contributed by atoms with van der Waals surface area (Å²) in [5, 5.41) is 2.79. The van der Waals surface area contributed by atoms with Gasteiger partial charge in [-0.15, -0.1) is 0 Å². The van der Waals surface area contributed by atoms with Crippen LogP contribution in [0.4, 0.5) is 5.69 Å². The smallest absolute Gasteiger partial charge is 0.262 e. The van der Waals surface area contributed by atoms with Crippen LogP contribution in [0, 0.1) is 0 Å². The molecular formula is C11H14N2O2. The van der Waals surface area contributed by atoms with Crippen molar-refractivity contribution >= 4 is 11.6 Å². The van der Waals surface area contributed by atoms with E-state index in [-0.39, 0.29) is 12.5 Å². The summed E-state index contributed by atoms with van der Waals surface area (Å²) in [4.78, 5) is 11.2. The maximum absolute atomic E-state index is 11.2. The van der Waals surface area contributed by atoms with Crippen molar-refractivity contribution in [1.29, 1.82) is 0 Å². The standard InChI is InChI=1S/C11H14N2O2/c1-11(2,12)7-4-3-5-8-10(7)13-9(14)6-15-8/h3-5H,6,12H2,1-2H3,(H,13,14). The van der Waals surface area contributed by atoms with E-state index in [4.69, 9.17) is 10.5 Å². The summed E-state index contributed by atoms with van der Waals surface area (Å²) in [5.74, 6) is 0.546. The summed E-state index contributed by atoms with van der Waals surface area (Å²) in [5.41, 5.74) is 7.10. The number of carbonyl (C=O) groups is 1. The SMILES string of the molecule is CC(C)(N)c1cccc2c1NC(=O)CO2. The number of nitrogens with two attached hydrogens (primary N) is 1. The third-order valence-corrected chi connectivity index (χ3v) is 2.34. The summed E-state index contributed by atoms with van der Waals surface area (Å²) in [7, 11) is 0. The molecule has 1 aliphatic heterocycles. The van der Waals surface area contributed by atoms with Gasteiger partial charge in [0.2, 0.25) is 0 Å². The van der Waals surface area contributed by atoms with Gasteiger partial charge in [-0.1, -0.05) is 12.1 Å². The van der Waals surface area contributed by atoms with Gasteiger partial charge in [-0.25, -0.2) is 0 Å². The van der Waals surface area contributed by atoms with E-state index in [1.54, 1.807) is 0 Å². The van der Waals surface area contributed by atoms with E-state index in [9.17, 15) is 4.79 Å². The Hall–Kier alpha value is -1.55. The van der Waals surface area contributed by atoms with Gasteiger partial charge in [-0.2, -0.15) is 0 Å². The lowest BCUT2D eigenvalue weighted by Gasteiger charge is -2.27. The molecule has 1 aliphatic rings. The summed E-state index contributed by atoms with van der Waals surface area (Å²) >= 11 is 0. The molecule has 0 bridgehead atoms. The van der Waals surface area contributed by atoms with Crippen molar-refractivity contribution in [3.05, 3.63) is 23.8 Å². The molecule has 3 N–H and O–H groups in total. The van der Waals surface area contributed by atoms with E-state index in [1.165, 1.54) is 0 Å². The Labute approximate surface area is 88.4 Å². The average molecular weight is 206 g/mol. The van der Waals surface area contributed by atoms with Crippen molar-refractivity contribution in [3.63, 3.8) is 0 Å². The second-order valence-corrected chi connectivity index (χ2v) is 4.24. The number of ether oxygens (including phenoxy) is 1. The molecule has 0 saturated heterocycles. The highest BCUT2D eigenvalue weighted by atomic mass is 16.5. The van der Waals surface area contributed by atoms with Gasteiger partial charge in [0.1, 0.15) is 5.75 Å². The van der Waals surface area contributed by atoms with Gasteiger partial charge >= 0.3 is 0 Å². The predicted octanol–water partition coefficient (Wildman–Crippen LogP) is 1.21. The number of rotatable bonds is 1. The molecule has 2 rings (SSSR count). The van der Waals surface area contributed by atoms with E-state index in [0.717, 1.165) is 5.56 Å². The molecule has 0 radical (unpaired) electrons. The van der Waals surface area contributed by atoms with E-state index in [1.807, 2.05) is 32.0 Å². The second kappa shape index (κ2) is 3.24. The van der Waals surface area contributed by atoms with Crippen molar-refractivity contribution in [1.82, 2.24) is 0 Å². The van der Waals surface area contributed by atoms with Crippen LogP contribution in [0.25, 0.3) is 0 Å². The number of anilines is 1. The number of hydrogen-bond donors (Lipinski definition) is 2. The third kappa shape index (κ3) is 1.80. The first kappa shape index (κ1) is 9.98. The quantitative estimate of drug-likeness (QED) is 0.726. The van der Waals surface area contributed by atoms with E-state index in [2.05, 4.69) is 5.32 Å². The van der Waals surface area contributed by atoms with Crippen molar-refractivity contribution in [3.8, 4) is 5.75 Å². The van der Waals surface area contributed by atoms with Crippen molar-refractivity contribution in [2.75, 3.05) is 11.9 Å². The molecule has 1 amide bonds. The first-order chi connectivity index (χ1) is 6.98. The van der Waals surface area contributed by atoms with Crippen LogP contribution >= 0.6 is 0 Å². The monoisotopic (exact) mass is 206 g/mol. The van der Waals surface area contributed by atoms with Crippen LogP contribution in [0.15, 0.2) is 18.2 Å². The molecule has 4 nitrogen and oxygen atoms in total. The molecule has 1 aromatic carbocycles. The Bertz CT molecular complexity index is 408. The Kier molecular flexibility index (Phi) is 2.16. The maximum Gasteiger partial charge on any atom is 0.262 e. The lowest BCUT2D eigenvalue weighted by Crippen LogP contribution is -2.33. The fraction of sp³-hybridized carbons (Fsp3) is 0.364. The molecule has 80 valence electrons. The Morgan fingerprint density at radius 2 is 2.20 bits per heavy atom. The van der Waals surface area contributed by atoms with E-state index < -0.39 is 5.54 Å². The van der Waals surface area contributed by atoms with Gasteiger partial charge in [0.15, 0.2) is 6.61 Å². The zero-order chi connectivity index (χ0) is 11.1. The Balaban J connectivity index is 2.53. The molecule has 15 heavy (non-hydrogen) atoms. The normalized spacial score (nSPS) is 15.3. The van der Waals surface area contributed by atoms with Crippen LogP contribution in [0.2, 0.25) is 0 Å². The number of carbonyl (C=O) groups excluding carboxylic acids is 1. The molecule has 1 aromatic rings. The fourth-order valence-electron chi connectivity index (χ4n) is 1.64. The fourth-order valence-corrected chi connectivity index (χ4v) is 1.64. The first-order valence-corrected chi connectivity index (χ1v) is 4.83. The number of fused-ring (bicyclic) bond motifs is 1. The highest BCUT2D eigenvalue weighted by Gasteiger charge is 2.25. The number of benzene rings is 1. The molecule has 4 heteroatoms. The summed E-state index contributed by atoms with van der Waals surface area (Å²) < 4.78 is 5.30. The molecule has 0 fully saturated rings. The summed E-state index contributed by atoms with van der Waals surface area (Å²) in [6.45, 7) is 3.86. The van der Waals surface area contributed by atoms with Gasteiger partial charge in [0, 0.05) is 5.54 Å². The molecule has 0 spiro atoms. The Morgan fingerprint density at radius 3 is 2.87 bits per heavy atom. The average Bonchev–Trinajstić information content (AvgIpc) is 2.15. The van der Waals surface area contributed by atoms with Crippen LogP contribution in [-0.2, 0) is 10.3 Å². The number of para-hydroxylation sites is 1. The molecule has 0 atom stereocenters. The lowest BCUT2D eigenvalue weighted by atomic mass is 9.93. The van der Waals surface area contributed by atoms with Crippen molar-refractivity contribution in [2.45, 2.75) is 19.4 Å². The van der Waals surface area contributed by atoms with Gasteiger partial charge in [0.05, 0.1) is 5.69 Å². The topological polar surface area (TPSA) is 64.3 Å². The molecule has 0 saturated carbocycles. The van der Waals surface area contributed by atoms with Crippen LogP contribution in [0.1, 0.15) is 19.4 Å². The third-order valence-electron chi connectivity index (χ3n) is 2.34. The number of amides is 1. The molecule has 1 heterocycles. The van der Waals surface area contributed by atoms with Crippen molar-refractivity contribution in [2.24, 2.45) is 5.73 Å². The zero-order valence-electron chi connectivity index (χ0n) is 8.83. The van der Waals surface area contributed by atoms with E-state index in [0.29, 0.717) is 11.4 Å². The van der Waals surface area contributed by atoms with E-state index >= 15 is 0 Å².